The molecule has 0 aliphatic heterocycles. The molecule has 0 fully saturated rings. The number of esters is 1. The fourth-order valence-corrected chi connectivity index (χ4v) is 2.10. The fraction of sp³-hybridized carbons (Fsp3) is 0.222. The lowest BCUT2D eigenvalue weighted by molar-refractivity contribution is -0.155. The molecule has 0 heterocycles. The zero-order chi connectivity index (χ0) is 18.2. The predicted molar refractivity (Wildman–Crippen MR) is 94.1 cm³/mol. The number of rotatable bonds is 7. The van der Waals surface area contributed by atoms with E-state index in [1.165, 1.54) is 6.92 Å². The first kappa shape index (κ1) is 18.6. The van der Waals surface area contributed by atoms with Crippen molar-refractivity contribution in [2.24, 2.45) is 0 Å². The van der Waals surface area contributed by atoms with Gasteiger partial charge in [0.25, 0.3) is 5.91 Å². The second-order valence-corrected chi connectivity index (χ2v) is 5.53. The molecule has 0 bridgehead atoms. The van der Waals surface area contributed by atoms with Gasteiger partial charge in [-0.2, -0.15) is 0 Å². The van der Waals surface area contributed by atoms with Crippen molar-refractivity contribution in [3.63, 3.8) is 0 Å². The third-order valence-corrected chi connectivity index (χ3v) is 3.42. The molecule has 132 valence electrons. The van der Waals surface area contributed by atoms with E-state index in [0.29, 0.717) is 22.2 Å². The predicted octanol–water partition coefficient (Wildman–Crippen LogP) is 3.30. The Hall–Kier alpha value is -2.73. The molecular weight excluding hydrogens is 346 g/mol. The maximum atomic E-state index is 12.0. The van der Waals surface area contributed by atoms with Gasteiger partial charge in [0, 0.05) is 10.7 Å². The van der Waals surface area contributed by atoms with Crippen LogP contribution in [-0.4, -0.2) is 31.7 Å². The topological polar surface area (TPSA) is 73.9 Å². The van der Waals surface area contributed by atoms with Crippen LogP contribution in [0.5, 0.6) is 11.5 Å². The molecule has 0 aliphatic rings. The summed E-state index contributed by atoms with van der Waals surface area (Å²) in [6.45, 7) is 1.17. The molecule has 1 N–H and O–H groups in total. The Labute approximate surface area is 150 Å². The van der Waals surface area contributed by atoms with E-state index in [1.807, 2.05) is 0 Å². The Morgan fingerprint density at radius 3 is 2.44 bits per heavy atom. The molecule has 0 saturated heterocycles. The Kier molecular flexibility index (Phi) is 6.65. The molecular formula is C18H18ClNO5. The van der Waals surface area contributed by atoms with Crippen LogP contribution in [0.2, 0.25) is 5.02 Å². The van der Waals surface area contributed by atoms with Crippen LogP contribution in [0.25, 0.3) is 0 Å². The summed E-state index contributed by atoms with van der Waals surface area (Å²) in [7, 11) is 1.56. The van der Waals surface area contributed by atoms with Gasteiger partial charge in [-0.1, -0.05) is 17.7 Å². The summed E-state index contributed by atoms with van der Waals surface area (Å²) in [5.74, 6) is 0.0691. The minimum Gasteiger partial charge on any atom is -0.497 e. The molecule has 0 aromatic heterocycles. The maximum absolute atomic E-state index is 12.0. The van der Waals surface area contributed by atoms with E-state index in [-0.39, 0.29) is 6.61 Å². The number of amides is 1. The maximum Gasteiger partial charge on any atom is 0.344 e. The normalized spacial score (nSPS) is 11.3. The summed E-state index contributed by atoms with van der Waals surface area (Å²) in [6, 6.07) is 13.4. The highest BCUT2D eigenvalue weighted by Gasteiger charge is 2.18. The average Bonchev–Trinajstić information content (AvgIpc) is 2.60. The van der Waals surface area contributed by atoms with Crippen LogP contribution in [0.4, 0.5) is 5.69 Å². The van der Waals surface area contributed by atoms with Gasteiger partial charge in [-0.15, -0.1) is 0 Å². The minimum absolute atomic E-state index is 0.304. The number of halogens is 1. The number of ether oxygens (including phenoxy) is 3. The summed E-state index contributed by atoms with van der Waals surface area (Å²) >= 11 is 5.85. The molecule has 0 unspecified atom stereocenters. The van der Waals surface area contributed by atoms with Crippen LogP contribution < -0.4 is 14.8 Å². The summed E-state index contributed by atoms with van der Waals surface area (Å²) < 4.78 is 15.4. The smallest absolute Gasteiger partial charge is 0.344 e. The van der Waals surface area contributed by atoms with E-state index in [2.05, 4.69) is 5.32 Å². The lowest BCUT2D eigenvalue weighted by atomic mass is 10.3. The first-order valence-electron chi connectivity index (χ1n) is 7.50. The van der Waals surface area contributed by atoms with Crippen molar-refractivity contribution in [2.45, 2.75) is 13.0 Å². The van der Waals surface area contributed by atoms with Crippen molar-refractivity contribution in [1.82, 2.24) is 0 Å². The number of nitrogens with one attached hydrogen (secondary N) is 1. The number of benzene rings is 2. The average molecular weight is 364 g/mol. The van der Waals surface area contributed by atoms with Gasteiger partial charge >= 0.3 is 5.97 Å². The van der Waals surface area contributed by atoms with Crippen LogP contribution in [0, 0.1) is 0 Å². The van der Waals surface area contributed by atoms with Crippen molar-refractivity contribution in [2.75, 3.05) is 19.0 Å². The van der Waals surface area contributed by atoms with Crippen LogP contribution in [0.1, 0.15) is 6.92 Å². The number of hydrogen-bond donors (Lipinski definition) is 1. The molecule has 2 aromatic carbocycles. The standard InChI is InChI=1S/C18H18ClNO5/c1-12(18(22)20-14-5-3-4-13(19)10-14)25-17(21)11-24-16-8-6-15(23-2)7-9-16/h3-10,12H,11H2,1-2H3,(H,20,22)/t12-/m0/s1. The first-order valence-corrected chi connectivity index (χ1v) is 7.88. The van der Waals surface area contributed by atoms with Crippen molar-refractivity contribution >= 4 is 29.2 Å². The van der Waals surface area contributed by atoms with Gasteiger partial charge in [0.1, 0.15) is 11.5 Å². The van der Waals surface area contributed by atoms with Gasteiger partial charge in [-0.25, -0.2) is 4.79 Å². The molecule has 0 aliphatic carbocycles. The molecule has 6 nitrogen and oxygen atoms in total. The number of carbonyl (C=O) groups excluding carboxylic acids is 2. The van der Waals surface area contributed by atoms with E-state index in [1.54, 1.807) is 55.6 Å². The largest absolute Gasteiger partial charge is 0.497 e. The third kappa shape index (κ3) is 6.00. The molecule has 2 aromatic rings. The van der Waals surface area contributed by atoms with Crippen LogP contribution in [0.15, 0.2) is 48.5 Å². The Morgan fingerprint density at radius 1 is 1.12 bits per heavy atom. The second-order valence-electron chi connectivity index (χ2n) is 5.10. The number of carbonyl (C=O) groups is 2. The van der Waals surface area contributed by atoms with Gasteiger partial charge in [0.05, 0.1) is 7.11 Å². The highest BCUT2D eigenvalue weighted by molar-refractivity contribution is 6.30. The third-order valence-electron chi connectivity index (χ3n) is 3.19. The van der Waals surface area contributed by atoms with Crippen molar-refractivity contribution < 1.29 is 23.8 Å². The molecule has 0 radical (unpaired) electrons. The molecule has 1 amide bonds. The molecule has 0 saturated carbocycles. The van der Waals surface area contributed by atoms with E-state index in [9.17, 15) is 9.59 Å². The summed E-state index contributed by atoms with van der Waals surface area (Å²) in [5, 5.41) is 3.11. The molecule has 1 atom stereocenters. The number of methoxy groups -OCH3 is 1. The van der Waals surface area contributed by atoms with Gasteiger partial charge < -0.3 is 19.5 Å². The van der Waals surface area contributed by atoms with Crippen molar-refractivity contribution in [3.05, 3.63) is 53.6 Å². The van der Waals surface area contributed by atoms with Gasteiger partial charge in [0.2, 0.25) is 0 Å². The van der Waals surface area contributed by atoms with Gasteiger partial charge in [0.15, 0.2) is 12.7 Å². The van der Waals surface area contributed by atoms with Gasteiger partial charge in [-0.3, -0.25) is 4.79 Å². The minimum atomic E-state index is -0.967. The zero-order valence-corrected chi connectivity index (χ0v) is 14.6. The summed E-state index contributed by atoms with van der Waals surface area (Å²) in [4.78, 5) is 23.8. The van der Waals surface area contributed by atoms with E-state index >= 15 is 0 Å². The zero-order valence-electron chi connectivity index (χ0n) is 13.8. The lowest BCUT2D eigenvalue weighted by Crippen LogP contribution is -2.31. The quantitative estimate of drug-likeness (QED) is 0.764. The van der Waals surface area contributed by atoms with Crippen molar-refractivity contribution in [1.29, 1.82) is 0 Å². The highest BCUT2D eigenvalue weighted by Crippen LogP contribution is 2.17. The highest BCUT2D eigenvalue weighted by atomic mass is 35.5. The Bertz CT molecular complexity index is 733. The number of hydrogen-bond acceptors (Lipinski definition) is 5. The van der Waals surface area contributed by atoms with E-state index in [4.69, 9.17) is 25.8 Å². The second kappa shape index (κ2) is 8.94. The monoisotopic (exact) mass is 363 g/mol. The van der Waals surface area contributed by atoms with Crippen LogP contribution >= 0.6 is 11.6 Å². The summed E-state index contributed by atoms with van der Waals surface area (Å²) in [5.41, 5.74) is 0.523. The van der Waals surface area contributed by atoms with Crippen molar-refractivity contribution in [3.8, 4) is 11.5 Å². The molecule has 2 rings (SSSR count). The van der Waals surface area contributed by atoms with Crippen LogP contribution in [0.3, 0.4) is 0 Å². The number of anilines is 1. The molecule has 0 spiro atoms. The first-order chi connectivity index (χ1) is 12.0. The molecule has 7 heteroatoms. The van der Waals surface area contributed by atoms with E-state index < -0.39 is 18.0 Å². The van der Waals surface area contributed by atoms with Gasteiger partial charge in [-0.05, 0) is 49.4 Å². The van der Waals surface area contributed by atoms with E-state index in [0.717, 1.165) is 0 Å². The van der Waals surface area contributed by atoms with Crippen LogP contribution in [-0.2, 0) is 14.3 Å². The lowest BCUT2D eigenvalue weighted by Gasteiger charge is -2.14. The summed E-state index contributed by atoms with van der Waals surface area (Å²) in [6.07, 6.45) is -0.967. The Balaban J connectivity index is 1.79. The fourth-order valence-electron chi connectivity index (χ4n) is 1.91. The molecule has 25 heavy (non-hydrogen) atoms. The Morgan fingerprint density at radius 2 is 1.80 bits per heavy atom. The SMILES string of the molecule is COc1ccc(OCC(=O)O[C@@H](C)C(=O)Nc2cccc(Cl)c2)cc1.